The molecule has 0 heterocycles. The summed E-state index contributed by atoms with van der Waals surface area (Å²) < 4.78 is 39.8. The zero-order valence-corrected chi connectivity index (χ0v) is 9.22. The smallest absolute Gasteiger partial charge is 0.422 e. The molecule has 0 saturated heterocycles. The highest BCUT2D eigenvalue weighted by Crippen LogP contribution is 2.24. The maximum absolute atomic E-state index is 11.9. The van der Waals surface area contributed by atoms with Gasteiger partial charge < -0.3 is 9.64 Å². The molecule has 0 spiro atoms. The van der Waals surface area contributed by atoms with Crippen LogP contribution in [0.3, 0.4) is 0 Å². The maximum atomic E-state index is 11.9. The lowest BCUT2D eigenvalue weighted by atomic mass is 10.2. The number of carbonyl (C=O) groups excluding carboxylic acids is 1. The van der Waals surface area contributed by atoms with Crippen LogP contribution in [0.4, 0.5) is 18.0 Å². The molecule has 0 N–H and O–H groups in total. The zero-order valence-electron chi connectivity index (χ0n) is 9.22. The Kier molecular flexibility index (Phi) is 4.44. The first kappa shape index (κ1) is 13.1. The molecule has 0 unspecified atom stereocenters. The summed E-state index contributed by atoms with van der Waals surface area (Å²) in [4.78, 5) is 12.8. The van der Waals surface area contributed by atoms with Gasteiger partial charge in [-0.2, -0.15) is 13.2 Å². The van der Waals surface area contributed by atoms with Gasteiger partial charge in [-0.15, -0.1) is 0 Å². The lowest BCUT2D eigenvalue weighted by molar-refractivity contribution is -0.162. The Bertz CT molecular complexity index is 237. The minimum Gasteiger partial charge on any atom is -0.440 e. The number of carbonyl (C=O) groups is 1. The van der Waals surface area contributed by atoms with Crippen molar-refractivity contribution >= 4 is 6.09 Å². The van der Waals surface area contributed by atoms with Crippen molar-refractivity contribution in [2.75, 3.05) is 13.2 Å². The first-order valence-electron chi connectivity index (χ1n) is 5.44. The molecule has 1 fully saturated rings. The topological polar surface area (TPSA) is 29.5 Å². The van der Waals surface area contributed by atoms with Crippen molar-refractivity contribution in [3.8, 4) is 0 Å². The number of amides is 1. The predicted octanol–water partition coefficient (Wildman–Crippen LogP) is 2.95. The van der Waals surface area contributed by atoms with Gasteiger partial charge in [-0.3, -0.25) is 0 Å². The van der Waals surface area contributed by atoms with Gasteiger partial charge in [0.1, 0.15) is 0 Å². The van der Waals surface area contributed by atoms with Crippen molar-refractivity contribution in [1.82, 2.24) is 4.90 Å². The van der Waals surface area contributed by atoms with E-state index in [2.05, 4.69) is 4.74 Å². The van der Waals surface area contributed by atoms with E-state index in [1.807, 2.05) is 0 Å². The minimum atomic E-state index is -4.45. The number of alkyl halides is 3. The molecule has 3 nitrogen and oxygen atoms in total. The van der Waals surface area contributed by atoms with Gasteiger partial charge in [-0.05, 0) is 19.8 Å². The van der Waals surface area contributed by atoms with E-state index < -0.39 is 18.9 Å². The molecule has 0 atom stereocenters. The van der Waals surface area contributed by atoms with Crippen LogP contribution in [0.2, 0.25) is 0 Å². The number of nitrogens with zero attached hydrogens (tertiary/aromatic N) is 1. The molecule has 1 rings (SSSR count). The van der Waals surface area contributed by atoms with Gasteiger partial charge in [-0.1, -0.05) is 12.8 Å². The van der Waals surface area contributed by atoms with Crippen LogP contribution >= 0.6 is 0 Å². The van der Waals surface area contributed by atoms with Gasteiger partial charge >= 0.3 is 12.3 Å². The highest BCUT2D eigenvalue weighted by atomic mass is 19.4. The van der Waals surface area contributed by atoms with Crippen molar-refractivity contribution in [2.24, 2.45) is 0 Å². The summed E-state index contributed by atoms with van der Waals surface area (Å²) in [6.07, 6.45) is -1.55. The fraction of sp³-hybridized carbons (Fsp3) is 0.900. The van der Waals surface area contributed by atoms with E-state index in [1.165, 1.54) is 4.90 Å². The Morgan fingerprint density at radius 2 is 1.94 bits per heavy atom. The zero-order chi connectivity index (χ0) is 12.2. The third kappa shape index (κ3) is 3.90. The molecule has 1 aliphatic carbocycles. The van der Waals surface area contributed by atoms with E-state index in [-0.39, 0.29) is 6.04 Å². The standard InChI is InChI=1S/C10H16F3NO2/c1-2-14(8-5-3-4-6-8)9(15)16-7-10(11,12)13/h8H,2-7H2,1H3. The Hall–Kier alpha value is -0.940. The van der Waals surface area contributed by atoms with E-state index in [9.17, 15) is 18.0 Å². The summed E-state index contributed by atoms with van der Waals surface area (Å²) in [5.41, 5.74) is 0. The van der Waals surface area contributed by atoms with Crippen LogP contribution in [0.25, 0.3) is 0 Å². The average Bonchev–Trinajstić information content (AvgIpc) is 2.68. The molecule has 0 radical (unpaired) electrons. The summed E-state index contributed by atoms with van der Waals surface area (Å²) in [6, 6.07) is 0.0470. The van der Waals surface area contributed by atoms with E-state index in [4.69, 9.17) is 0 Å². The van der Waals surface area contributed by atoms with E-state index in [1.54, 1.807) is 6.92 Å². The number of ether oxygens (including phenoxy) is 1. The number of rotatable bonds is 3. The molecule has 0 aromatic rings. The van der Waals surface area contributed by atoms with Crippen LogP contribution in [0.5, 0.6) is 0 Å². The second kappa shape index (κ2) is 5.41. The minimum absolute atomic E-state index is 0.0470. The Labute approximate surface area is 92.5 Å². The average molecular weight is 239 g/mol. The van der Waals surface area contributed by atoms with Gasteiger partial charge in [-0.25, -0.2) is 4.79 Å². The maximum Gasteiger partial charge on any atom is 0.422 e. The molecule has 0 aromatic carbocycles. The van der Waals surface area contributed by atoms with Gasteiger partial charge in [0.15, 0.2) is 6.61 Å². The Balaban J connectivity index is 2.43. The number of hydrogen-bond donors (Lipinski definition) is 0. The van der Waals surface area contributed by atoms with Crippen molar-refractivity contribution in [3.05, 3.63) is 0 Å². The fourth-order valence-corrected chi connectivity index (χ4v) is 1.98. The first-order valence-corrected chi connectivity index (χ1v) is 5.44. The molecule has 1 amide bonds. The summed E-state index contributed by atoms with van der Waals surface area (Å²) in [5, 5.41) is 0. The monoisotopic (exact) mass is 239 g/mol. The van der Waals surface area contributed by atoms with Gasteiger partial charge in [0.2, 0.25) is 0 Å². The van der Waals surface area contributed by atoms with E-state index >= 15 is 0 Å². The van der Waals surface area contributed by atoms with Crippen molar-refractivity contribution in [2.45, 2.75) is 44.8 Å². The number of halogens is 3. The van der Waals surface area contributed by atoms with Crippen LogP contribution in [0.1, 0.15) is 32.6 Å². The molecule has 6 heteroatoms. The third-order valence-corrected chi connectivity index (χ3v) is 2.70. The molecule has 16 heavy (non-hydrogen) atoms. The van der Waals surface area contributed by atoms with E-state index in [0.29, 0.717) is 6.54 Å². The first-order chi connectivity index (χ1) is 7.44. The lowest BCUT2D eigenvalue weighted by Crippen LogP contribution is -2.40. The second-order valence-electron chi connectivity index (χ2n) is 3.89. The predicted molar refractivity (Wildman–Crippen MR) is 52.0 cm³/mol. The van der Waals surface area contributed by atoms with Gasteiger partial charge in [0.05, 0.1) is 0 Å². The number of hydrogen-bond acceptors (Lipinski definition) is 2. The fourth-order valence-electron chi connectivity index (χ4n) is 1.98. The molecule has 1 saturated carbocycles. The molecule has 94 valence electrons. The van der Waals surface area contributed by atoms with E-state index in [0.717, 1.165) is 25.7 Å². The largest absolute Gasteiger partial charge is 0.440 e. The van der Waals surface area contributed by atoms with Crippen LogP contribution in [0, 0.1) is 0 Å². The van der Waals surface area contributed by atoms with Crippen LogP contribution in [0.15, 0.2) is 0 Å². The molecular formula is C10H16F3NO2. The molecular weight excluding hydrogens is 223 g/mol. The van der Waals surface area contributed by atoms with Gasteiger partial charge in [0.25, 0.3) is 0 Å². The summed E-state index contributed by atoms with van der Waals surface area (Å²) in [5.74, 6) is 0. The van der Waals surface area contributed by atoms with Crippen LogP contribution in [-0.2, 0) is 4.74 Å². The van der Waals surface area contributed by atoms with Crippen LogP contribution in [-0.4, -0.2) is 36.4 Å². The molecule has 0 aliphatic heterocycles. The Morgan fingerprint density at radius 3 is 2.38 bits per heavy atom. The normalized spacial score (nSPS) is 17.5. The van der Waals surface area contributed by atoms with Crippen molar-refractivity contribution in [1.29, 1.82) is 0 Å². The van der Waals surface area contributed by atoms with Crippen molar-refractivity contribution < 1.29 is 22.7 Å². The van der Waals surface area contributed by atoms with Crippen molar-refractivity contribution in [3.63, 3.8) is 0 Å². The second-order valence-corrected chi connectivity index (χ2v) is 3.89. The quantitative estimate of drug-likeness (QED) is 0.757. The third-order valence-electron chi connectivity index (χ3n) is 2.70. The van der Waals surface area contributed by atoms with Crippen LogP contribution < -0.4 is 0 Å². The summed E-state index contributed by atoms with van der Waals surface area (Å²) >= 11 is 0. The highest BCUT2D eigenvalue weighted by molar-refractivity contribution is 5.68. The summed E-state index contributed by atoms with van der Waals surface area (Å²) in [6.45, 7) is 0.629. The molecule has 0 aromatic heterocycles. The lowest BCUT2D eigenvalue weighted by Gasteiger charge is -2.26. The molecule has 0 bridgehead atoms. The SMILES string of the molecule is CCN(C(=O)OCC(F)(F)F)C1CCCC1. The molecule has 1 aliphatic rings. The highest BCUT2D eigenvalue weighted by Gasteiger charge is 2.32. The Morgan fingerprint density at radius 1 is 1.38 bits per heavy atom. The summed E-state index contributed by atoms with van der Waals surface area (Å²) in [7, 11) is 0. The van der Waals surface area contributed by atoms with Gasteiger partial charge in [0, 0.05) is 12.6 Å².